The maximum atomic E-state index is 12.0. The molecule has 0 unspecified atom stereocenters. The second-order valence-electron chi connectivity index (χ2n) is 5.32. The zero-order valence-electron chi connectivity index (χ0n) is 12.1. The molecular formula is C17H19N3O. The molecule has 0 aliphatic rings. The molecule has 0 aliphatic heterocycles. The Labute approximate surface area is 123 Å². The van der Waals surface area contributed by atoms with E-state index in [2.05, 4.69) is 29.1 Å². The van der Waals surface area contributed by atoms with Crippen LogP contribution >= 0.6 is 0 Å². The van der Waals surface area contributed by atoms with Crippen molar-refractivity contribution in [2.75, 3.05) is 13.6 Å². The topological polar surface area (TPSA) is 41.0 Å². The number of H-pyrrole nitrogens is 1. The summed E-state index contributed by atoms with van der Waals surface area (Å²) in [5, 5.41) is 0. The van der Waals surface area contributed by atoms with E-state index in [9.17, 15) is 4.79 Å². The summed E-state index contributed by atoms with van der Waals surface area (Å²) in [4.78, 5) is 17.1. The number of nitrogens with zero attached hydrogens (tertiary/aromatic N) is 2. The third-order valence-electron chi connectivity index (χ3n) is 3.68. The van der Waals surface area contributed by atoms with Crippen molar-refractivity contribution in [2.45, 2.75) is 13.1 Å². The summed E-state index contributed by atoms with van der Waals surface area (Å²) in [6.07, 6.45) is 0. The van der Waals surface area contributed by atoms with Crippen molar-refractivity contribution in [3.63, 3.8) is 0 Å². The van der Waals surface area contributed by atoms with E-state index in [0.717, 1.165) is 24.1 Å². The summed E-state index contributed by atoms with van der Waals surface area (Å²) in [6, 6.07) is 18.2. The highest BCUT2D eigenvalue weighted by Gasteiger charge is 2.07. The molecule has 4 heteroatoms. The molecule has 21 heavy (non-hydrogen) atoms. The van der Waals surface area contributed by atoms with Crippen molar-refractivity contribution in [1.82, 2.24) is 14.5 Å². The quantitative estimate of drug-likeness (QED) is 0.780. The number of benzene rings is 2. The predicted octanol–water partition coefficient (Wildman–Crippen LogP) is 2.46. The van der Waals surface area contributed by atoms with Gasteiger partial charge in [-0.1, -0.05) is 42.5 Å². The van der Waals surface area contributed by atoms with E-state index in [1.165, 1.54) is 5.56 Å². The molecule has 3 rings (SSSR count). The highest BCUT2D eigenvalue weighted by molar-refractivity contribution is 5.74. The molecular weight excluding hydrogens is 262 g/mol. The molecule has 3 aromatic rings. The van der Waals surface area contributed by atoms with E-state index in [0.29, 0.717) is 6.54 Å². The van der Waals surface area contributed by atoms with Gasteiger partial charge in [0.1, 0.15) is 0 Å². The second-order valence-corrected chi connectivity index (χ2v) is 5.32. The first-order chi connectivity index (χ1) is 10.2. The molecule has 0 aliphatic carbocycles. The van der Waals surface area contributed by atoms with Gasteiger partial charge in [-0.2, -0.15) is 0 Å². The minimum atomic E-state index is -0.0377. The first kappa shape index (κ1) is 13.6. The summed E-state index contributed by atoms with van der Waals surface area (Å²) in [5.41, 5.74) is 3.11. The summed E-state index contributed by atoms with van der Waals surface area (Å²) in [7, 11) is 2.08. The number of hydrogen-bond donors (Lipinski definition) is 1. The lowest BCUT2D eigenvalue weighted by molar-refractivity contribution is 0.311. The van der Waals surface area contributed by atoms with Crippen LogP contribution in [0.4, 0.5) is 0 Å². The number of hydrogen-bond acceptors (Lipinski definition) is 2. The van der Waals surface area contributed by atoms with E-state index in [1.54, 1.807) is 4.57 Å². The van der Waals surface area contributed by atoms with Gasteiger partial charge < -0.3 is 9.88 Å². The largest absolute Gasteiger partial charge is 0.326 e. The summed E-state index contributed by atoms with van der Waals surface area (Å²) >= 11 is 0. The smallest absolute Gasteiger partial charge is 0.306 e. The van der Waals surface area contributed by atoms with Crippen LogP contribution in [0.5, 0.6) is 0 Å². The first-order valence-electron chi connectivity index (χ1n) is 7.14. The van der Waals surface area contributed by atoms with Crippen LogP contribution in [0.3, 0.4) is 0 Å². The average Bonchev–Trinajstić information content (AvgIpc) is 2.81. The number of likely N-dealkylation sites (N-methyl/N-ethyl adjacent to an activating group) is 1. The van der Waals surface area contributed by atoms with Crippen LogP contribution in [0.1, 0.15) is 5.56 Å². The molecule has 108 valence electrons. The van der Waals surface area contributed by atoms with E-state index >= 15 is 0 Å². The van der Waals surface area contributed by atoms with E-state index in [4.69, 9.17) is 0 Å². The number of aromatic nitrogens is 2. The van der Waals surface area contributed by atoms with Crippen LogP contribution in [0.15, 0.2) is 59.4 Å². The zero-order chi connectivity index (χ0) is 14.7. The molecule has 0 saturated heterocycles. The molecule has 0 saturated carbocycles. The normalized spacial score (nSPS) is 11.3. The van der Waals surface area contributed by atoms with Gasteiger partial charge in [0.05, 0.1) is 11.0 Å². The minimum Gasteiger partial charge on any atom is -0.306 e. The van der Waals surface area contributed by atoms with Gasteiger partial charge in [0.15, 0.2) is 0 Å². The monoisotopic (exact) mass is 281 g/mol. The fourth-order valence-corrected chi connectivity index (χ4v) is 2.57. The average molecular weight is 281 g/mol. The number of aromatic amines is 1. The molecule has 0 radical (unpaired) electrons. The van der Waals surface area contributed by atoms with Crippen LogP contribution in [0.25, 0.3) is 11.0 Å². The van der Waals surface area contributed by atoms with E-state index in [-0.39, 0.29) is 5.69 Å². The Morgan fingerprint density at radius 2 is 1.76 bits per heavy atom. The molecule has 0 amide bonds. The number of rotatable bonds is 5. The van der Waals surface area contributed by atoms with Crippen LogP contribution in [-0.4, -0.2) is 28.0 Å². The number of fused-ring (bicyclic) bond motifs is 1. The molecule has 0 fully saturated rings. The van der Waals surface area contributed by atoms with Gasteiger partial charge >= 0.3 is 5.69 Å². The third-order valence-corrected chi connectivity index (χ3v) is 3.68. The molecule has 0 atom stereocenters. The van der Waals surface area contributed by atoms with Crippen molar-refractivity contribution in [3.05, 3.63) is 70.6 Å². The summed E-state index contributed by atoms with van der Waals surface area (Å²) in [6.45, 7) is 2.40. The van der Waals surface area contributed by atoms with E-state index in [1.807, 2.05) is 42.5 Å². The van der Waals surface area contributed by atoms with Gasteiger partial charge in [-0.05, 0) is 24.7 Å². The summed E-state index contributed by atoms with van der Waals surface area (Å²) in [5.74, 6) is 0. The lowest BCUT2D eigenvalue weighted by Crippen LogP contribution is -2.27. The maximum Gasteiger partial charge on any atom is 0.326 e. The molecule has 2 aromatic carbocycles. The van der Waals surface area contributed by atoms with Crippen molar-refractivity contribution < 1.29 is 0 Å². The molecule has 1 N–H and O–H groups in total. The van der Waals surface area contributed by atoms with Crippen molar-refractivity contribution in [2.24, 2.45) is 0 Å². The highest BCUT2D eigenvalue weighted by atomic mass is 16.1. The Balaban J connectivity index is 1.69. The fourth-order valence-electron chi connectivity index (χ4n) is 2.57. The Morgan fingerprint density at radius 1 is 1.05 bits per heavy atom. The van der Waals surface area contributed by atoms with Crippen molar-refractivity contribution in [1.29, 1.82) is 0 Å². The highest BCUT2D eigenvalue weighted by Crippen LogP contribution is 2.09. The van der Waals surface area contributed by atoms with Crippen molar-refractivity contribution in [3.8, 4) is 0 Å². The Morgan fingerprint density at radius 3 is 2.57 bits per heavy atom. The molecule has 0 bridgehead atoms. The maximum absolute atomic E-state index is 12.0. The van der Waals surface area contributed by atoms with Crippen LogP contribution in [0.2, 0.25) is 0 Å². The predicted molar refractivity (Wildman–Crippen MR) is 85.3 cm³/mol. The van der Waals surface area contributed by atoms with Gasteiger partial charge in [-0.15, -0.1) is 0 Å². The fraction of sp³-hybridized carbons (Fsp3) is 0.235. The minimum absolute atomic E-state index is 0.0377. The van der Waals surface area contributed by atoms with Crippen molar-refractivity contribution >= 4 is 11.0 Å². The lowest BCUT2D eigenvalue weighted by Gasteiger charge is -2.17. The molecule has 1 aromatic heterocycles. The van der Waals surface area contributed by atoms with E-state index < -0.39 is 0 Å². The van der Waals surface area contributed by atoms with Gasteiger partial charge in [0, 0.05) is 19.6 Å². The third kappa shape index (κ3) is 3.06. The van der Waals surface area contributed by atoms with Crippen LogP contribution < -0.4 is 5.69 Å². The molecule has 0 spiro atoms. The van der Waals surface area contributed by atoms with Crippen LogP contribution in [-0.2, 0) is 13.1 Å². The van der Waals surface area contributed by atoms with Gasteiger partial charge in [-0.3, -0.25) is 4.57 Å². The molecule has 1 heterocycles. The number of imidazole rings is 1. The SMILES string of the molecule is CN(CCn1c(=O)[nH]c2ccccc21)Cc1ccccc1. The standard InChI is InChI=1S/C17H19N3O/c1-19(13-14-7-3-2-4-8-14)11-12-20-16-10-6-5-9-15(16)18-17(20)21/h2-10H,11-13H2,1H3,(H,18,21). The van der Waals surface area contributed by atoms with Gasteiger partial charge in [0.25, 0.3) is 0 Å². The Bertz CT molecular complexity index is 773. The van der Waals surface area contributed by atoms with Crippen LogP contribution in [0, 0.1) is 0 Å². The second kappa shape index (κ2) is 5.97. The zero-order valence-corrected chi connectivity index (χ0v) is 12.1. The Hall–Kier alpha value is -2.33. The number of para-hydroxylation sites is 2. The lowest BCUT2D eigenvalue weighted by atomic mass is 10.2. The first-order valence-corrected chi connectivity index (χ1v) is 7.14. The van der Waals surface area contributed by atoms with Gasteiger partial charge in [0.2, 0.25) is 0 Å². The number of nitrogens with one attached hydrogen (secondary N) is 1. The Kier molecular flexibility index (Phi) is 3.88. The molecule has 4 nitrogen and oxygen atoms in total. The van der Waals surface area contributed by atoms with Gasteiger partial charge in [-0.25, -0.2) is 4.79 Å². The summed E-state index contributed by atoms with van der Waals surface area (Å²) < 4.78 is 1.80.